The topological polar surface area (TPSA) is 67.8 Å². The molecule has 23 heavy (non-hydrogen) atoms. The smallest absolute Gasteiger partial charge is 0.335 e. The molecule has 0 heterocycles. The molecule has 0 saturated carbocycles. The largest absolute Gasteiger partial charge is 0.497 e. The minimum Gasteiger partial charge on any atom is -0.497 e. The van der Waals surface area contributed by atoms with E-state index >= 15 is 0 Å². The van der Waals surface area contributed by atoms with Crippen LogP contribution in [-0.4, -0.2) is 31.3 Å². The Morgan fingerprint density at radius 2 is 1.70 bits per heavy atom. The number of hydrogen-bond donors (Lipinski definition) is 2. The van der Waals surface area contributed by atoms with Crippen molar-refractivity contribution in [1.82, 2.24) is 5.32 Å². The second-order valence-electron chi connectivity index (χ2n) is 5.08. The highest BCUT2D eigenvalue weighted by Crippen LogP contribution is 2.11. The molecule has 0 radical (unpaired) electrons. The lowest BCUT2D eigenvalue weighted by Crippen LogP contribution is -2.19. The van der Waals surface area contributed by atoms with E-state index in [1.165, 1.54) is 0 Å². The van der Waals surface area contributed by atoms with Gasteiger partial charge in [0.05, 0.1) is 25.9 Å². The first kappa shape index (κ1) is 17.0. The van der Waals surface area contributed by atoms with Gasteiger partial charge in [0.25, 0.3) is 0 Å². The van der Waals surface area contributed by atoms with Crippen molar-refractivity contribution < 1.29 is 19.4 Å². The van der Waals surface area contributed by atoms with Gasteiger partial charge in [-0.25, -0.2) is 4.79 Å². The molecular formula is C18H21NO4. The van der Waals surface area contributed by atoms with Crippen LogP contribution in [0.4, 0.5) is 0 Å². The van der Waals surface area contributed by atoms with Gasteiger partial charge >= 0.3 is 5.97 Å². The molecule has 0 aliphatic heterocycles. The molecule has 5 heteroatoms. The first-order valence-electron chi connectivity index (χ1n) is 7.42. The van der Waals surface area contributed by atoms with Crippen molar-refractivity contribution >= 4 is 5.97 Å². The number of benzene rings is 2. The monoisotopic (exact) mass is 315 g/mol. The van der Waals surface area contributed by atoms with E-state index in [2.05, 4.69) is 5.32 Å². The van der Waals surface area contributed by atoms with Crippen LogP contribution in [-0.2, 0) is 17.9 Å². The fraction of sp³-hybridized carbons (Fsp3) is 0.278. The van der Waals surface area contributed by atoms with Crippen molar-refractivity contribution in [1.29, 1.82) is 0 Å². The summed E-state index contributed by atoms with van der Waals surface area (Å²) in [5.74, 6) is -0.0687. The summed E-state index contributed by atoms with van der Waals surface area (Å²) in [5, 5.41) is 12.1. The molecule has 2 rings (SSSR count). The standard InChI is InChI=1S/C18H21NO4/c1-22-17-8-4-15(5-9-17)13-23-11-10-19-12-14-2-6-16(7-3-14)18(20)21/h2-9,19H,10-13H2,1H3,(H,20,21). The van der Waals surface area contributed by atoms with Gasteiger partial charge in [-0.1, -0.05) is 24.3 Å². The maximum Gasteiger partial charge on any atom is 0.335 e. The van der Waals surface area contributed by atoms with E-state index in [4.69, 9.17) is 14.6 Å². The van der Waals surface area contributed by atoms with Gasteiger partial charge in [0, 0.05) is 13.1 Å². The normalized spacial score (nSPS) is 10.5. The lowest BCUT2D eigenvalue weighted by Gasteiger charge is -2.07. The Morgan fingerprint density at radius 3 is 2.30 bits per heavy atom. The van der Waals surface area contributed by atoms with Crippen LogP contribution >= 0.6 is 0 Å². The Hall–Kier alpha value is -2.37. The number of carboxylic acid groups (broad SMARTS) is 1. The lowest BCUT2D eigenvalue weighted by atomic mass is 10.1. The highest BCUT2D eigenvalue weighted by Gasteiger charge is 2.01. The lowest BCUT2D eigenvalue weighted by molar-refractivity contribution is 0.0697. The quantitative estimate of drug-likeness (QED) is 0.696. The van der Waals surface area contributed by atoms with E-state index in [0.29, 0.717) is 25.3 Å². The minimum absolute atomic E-state index is 0.302. The first-order valence-corrected chi connectivity index (χ1v) is 7.42. The molecule has 5 nitrogen and oxygen atoms in total. The Kier molecular flexibility index (Phi) is 6.59. The third kappa shape index (κ3) is 5.73. The van der Waals surface area contributed by atoms with Crippen LogP contribution in [0, 0.1) is 0 Å². The second-order valence-corrected chi connectivity index (χ2v) is 5.08. The zero-order chi connectivity index (χ0) is 16.5. The second kappa shape index (κ2) is 8.92. The number of ether oxygens (including phenoxy) is 2. The molecule has 0 bridgehead atoms. The molecule has 0 aliphatic carbocycles. The zero-order valence-corrected chi connectivity index (χ0v) is 13.1. The number of rotatable bonds is 9. The molecule has 0 atom stereocenters. The molecule has 0 aromatic heterocycles. The number of carboxylic acids is 1. The molecular weight excluding hydrogens is 294 g/mol. The first-order chi connectivity index (χ1) is 11.2. The zero-order valence-electron chi connectivity index (χ0n) is 13.1. The van der Waals surface area contributed by atoms with Gasteiger partial charge in [-0.3, -0.25) is 0 Å². The van der Waals surface area contributed by atoms with Crippen molar-refractivity contribution in [3.05, 3.63) is 65.2 Å². The number of carbonyl (C=O) groups is 1. The Balaban J connectivity index is 1.60. The summed E-state index contributed by atoms with van der Waals surface area (Å²) in [6.45, 7) is 2.60. The molecule has 2 aromatic carbocycles. The maximum absolute atomic E-state index is 10.8. The van der Waals surface area contributed by atoms with Crippen LogP contribution in [0.15, 0.2) is 48.5 Å². The van der Waals surface area contributed by atoms with Gasteiger partial charge in [-0.05, 0) is 35.4 Å². The molecule has 2 N–H and O–H groups in total. The summed E-state index contributed by atoms with van der Waals surface area (Å²) in [7, 11) is 1.65. The van der Waals surface area contributed by atoms with Crippen LogP contribution in [0.25, 0.3) is 0 Å². The van der Waals surface area contributed by atoms with Crippen LogP contribution in [0.1, 0.15) is 21.5 Å². The van der Waals surface area contributed by atoms with Crippen molar-refractivity contribution in [3.63, 3.8) is 0 Å². The summed E-state index contributed by atoms with van der Waals surface area (Å²) in [5.41, 5.74) is 2.46. The van der Waals surface area contributed by atoms with E-state index in [-0.39, 0.29) is 0 Å². The Bertz CT molecular complexity index is 608. The average Bonchev–Trinajstić information content (AvgIpc) is 2.59. The summed E-state index contributed by atoms with van der Waals surface area (Å²) >= 11 is 0. The predicted octanol–water partition coefficient (Wildman–Crippen LogP) is 2.70. The molecule has 0 aliphatic rings. The van der Waals surface area contributed by atoms with Gasteiger partial charge in [-0.2, -0.15) is 0 Å². The van der Waals surface area contributed by atoms with Gasteiger partial charge in [-0.15, -0.1) is 0 Å². The SMILES string of the molecule is COc1ccc(COCCNCc2ccc(C(=O)O)cc2)cc1. The van der Waals surface area contributed by atoms with Crippen molar-refractivity contribution in [3.8, 4) is 5.75 Å². The molecule has 0 amide bonds. The van der Waals surface area contributed by atoms with Crippen molar-refractivity contribution in [2.45, 2.75) is 13.2 Å². The third-order valence-corrected chi connectivity index (χ3v) is 3.38. The molecule has 0 spiro atoms. The number of aromatic carboxylic acids is 1. The summed E-state index contributed by atoms with van der Waals surface area (Å²) in [6, 6.07) is 14.6. The molecule has 0 unspecified atom stereocenters. The third-order valence-electron chi connectivity index (χ3n) is 3.38. The number of methoxy groups -OCH3 is 1. The van der Waals surface area contributed by atoms with Crippen LogP contribution < -0.4 is 10.1 Å². The molecule has 2 aromatic rings. The summed E-state index contributed by atoms with van der Waals surface area (Å²) in [4.78, 5) is 10.8. The van der Waals surface area contributed by atoms with Crippen molar-refractivity contribution in [2.24, 2.45) is 0 Å². The average molecular weight is 315 g/mol. The van der Waals surface area contributed by atoms with Crippen LogP contribution in [0.2, 0.25) is 0 Å². The predicted molar refractivity (Wildman–Crippen MR) is 87.8 cm³/mol. The van der Waals surface area contributed by atoms with Crippen LogP contribution in [0.3, 0.4) is 0 Å². The Morgan fingerprint density at radius 1 is 1.04 bits per heavy atom. The van der Waals surface area contributed by atoms with Gasteiger partial charge in [0.15, 0.2) is 0 Å². The number of nitrogens with one attached hydrogen (secondary N) is 1. The van der Waals surface area contributed by atoms with Gasteiger partial charge < -0.3 is 19.9 Å². The summed E-state index contributed by atoms with van der Waals surface area (Å²) < 4.78 is 10.7. The van der Waals surface area contributed by atoms with Crippen molar-refractivity contribution in [2.75, 3.05) is 20.3 Å². The van der Waals surface area contributed by atoms with E-state index in [9.17, 15) is 4.79 Å². The van der Waals surface area contributed by atoms with E-state index in [1.54, 1.807) is 19.2 Å². The molecule has 0 saturated heterocycles. The van der Waals surface area contributed by atoms with Gasteiger partial charge in [0.2, 0.25) is 0 Å². The minimum atomic E-state index is -0.906. The summed E-state index contributed by atoms with van der Waals surface area (Å²) in [6.07, 6.45) is 0. The van der Waals surface area contributed by atoms with E-state index in [0.717, 1.165) is 23.4 Å². The number of hydrogen-bond acceptors (Lipinski definition) is 4. The highest BCUT2D eigenvalue weighted by atomic mass is 16.5. The fourth-order valence-corrected chi connectivity index (χ4v) is 2.05. The van der Waals surface area contributed by atoms with E-state index in [1.807, 2.05) is 36.4 Å². The fourth-order valence-electron chi connectivity index (χ4n) is 2.05. The Labute approximate surface area is 135 Å². The molecule has 122 valence electrons. The maximum atomic E-state index is 10.8. The van der Waals surface area contributed by atoms with E-state index < -0.39 is 5.97 Å². The highest BCUT2D eigenvalue weighted by molar-refractivity contribution is 5.87. The molecule has 0 fully saturated rings. The van der Waals surface area contributed by atoms with Gasteiger partial charge in [0.1, 0.15) is 5.75 Å². The van der Waals surface area contributed by atoms with Crippen LogP contribution in [0.5, 0.6) is 5.75 Å².